The molecule has 4 atom stereocenters. The van der Waals surface area contributed by atoms with Crippen LogP contribution in [-0.2, 0) is 19.9 Å². The summed E-state index contributed by atoms with van der Waals surface area (Å²) < 4.78 is 5.33. The molecule has 3 saturated heterocycles. The van der Waals surface area contributed by atoms with E-state index >= 15 is 0 Å². The van der Waals surface area contributed by atoms with Crippen molar-refractivity contribution in [2.24, 2.45) is 11.8 Å². The van der Waals surface area contributed by atoms with Crippen LogP contribution >= 0.6 is 11.6 Å². The van der Waals surface area contributed by atoms with Gasteiger partial charge >= 0.3 is 0 Å². The van der Waals surface area contributed by atoms with Crippen molar-refractivity contribution in [1.82, 2.24) is 4.90 Å². The second-order valence-corrected chi connectivity index (χ2v) is 9.38. The lowest BCUT2D eigenvalue weighted by molar-refractivity contribution is -0.384. The zero-order valence-corrected chi connectivity index (χ0v) is 18.7. The van der Waals surface area contributed by atoms with Crippen LogP contribution in [0.1, 0.15) is 18.4 Å². The maximum Gasteiger partial charge on any atom is 0.271 e. The Labute approximate surface area is 198 Å². The highest BCUT2D eigenvalue weighted by atomic mass is 35.5. The lowest BCUT2D eigenvalue weighted by Gasteiger charge is -2.36. The third-order valence-electron chi connectivity index (χ3n) is 7.57. The van der Waals surface area contributed by atoms with Crippen molar-refractivity contribution < 1.29 is 24.0 Å². The first kappa shape index (κ1) is 21.1. The van der Waals surface area contributed by atoms with Gasteiger partial charge in [0.15, 0.2) is 0 Å². The van der Waals surface area contributed by atoms with Crippen LogP contribution in [0.4, 0.5) is 17.1 Å². The number of amides is 3. The number of methoxy groups -OCH3 is 1. The van der Waals surface area contributed by atoms with Gasteiger partial charge in [-0.2, -0.15) is 0 Å². The van der Waals surface area contributed by atoms with Crippen LogP contribution in [0.15, 0.2) is 36.4 Å². The fourth-order valence-corrected chi connectivity index (χ4v) is 6.55. The van der Waals surface area contributed by atoms with Crippen LogP contribution in [0, 0.1) is 22.0 Å². The Morgan fingerprint density at radius 3 is 2.71 bits per heavy atom. The maximum absolute atomic E-state index is 14.0. The van der Waals surface area contributed by atoms with Gasteiger partial charge in [0.05, 0.1) is 23.9 Å². The average molecular weight is 483 g/mol. The van der Waals surface area contributed by atoms with E-state index in [1.54, 1.807) is 18.2 Å². The number of fused-ring (bicyclic) bond motifs is 7. The van der Waals surface area contributed by atoms with Crippen LogP contribution in [0.3, 0.4) is 0 Å². The Morgan fingerprint density at radius 2 is 1.97 bits per heavy atom. The SMILES string of the molecule is COc1ccc([N+](=O)[O-])cc1N1C(=O)[C@@H]2[C@@H](C1=O)[C@]1(C(=O)Nc3ccc(Cl)cc31)N1CCC[C@@H]21. The number of ether oxygens (including phenoxy) is 1. The van der Waals surface area contributed by atoms with E-state index in [0.29, 0.717) is 29.2 Å². The molecule has 2 aromatic rings. The molecule has 0 unspecified atom stereocenters. The van der Waals surface area contributed by atoms with Gasteiger partial charge in [0.25, 0.3) is 5.69 Å². The fraction of sp³-hybridized carbons (Fsp3) is 0.348. The summed E-state index contributed by atoms with van der Waals surface area (Å²) in [5, 5.41) is 14.7. The Bertz CT molecular complexity index is 1310. The minimum absolute atomic E-state index is 0.00511. The van der Waals surface area contributed by atoms with Gasteiger partial charge in [0, 0.05) is 34.4 Å². The Morgan fingerprint density at radius 1 is 1.18 bits per heavy atom. The summed E-state index contributed by atoms with van der Waals surface area (Å²) >= 11 is 6.29. The largest absolute Gasteiger partial charge is 0.495 e. The number of rotatable bonds is 3. The van der Waals surface area contributed by atoms with Crippen molar-refractivity contribution in [3.05, 3.63) is 57.1 Å². The van der Waals surface area contributed by atoms with Crippen LogP contribution in [-0.4, -0.2) is 47.2 Å². The average Bonchev–Trinajstić information content (AvgIpc) is 3.52. The summed E-state index contributed by atoms with van der Waals surface area (Å²) in [6, 6.07) is 8.50. The second-order valence-electron chi connectivity index (χ2n) is 8.94. The smallest absolute Gasteiger partial charge is 0.271 e. The number of nitrogens with zero attached hydrogens (tertiary/aromatic N) is 3. The van der Waals surface area contributed by atoms with Crippen LogP contribution in [0.2, 0.25) is 5.02 Å². The van der Waals surface area contributed by atoms with Gasteiger partial charge in [0.1, 0.15) is 17.0 Å². The van der Waals surface area contributed by atoms with E-state index in [1.807, 2.05) is 4.90 Å². The molecule has 2 aromatic carbocycles. The predicted molar refractivity (Wildman–Crippen MR) is 121 cm³/mol. The van der Waals surface area contributed by atoms with Crippen molar-refractivity contribution in [2.75, 3.05) is 23.9 Å². The lowest BCUT2D eigenvalue weighted by atomic mass is 9.75. The van der Waals surface area contributed by atoms with E-state index in [-0.39, 0.29) is 29.1 Å². The summed E-state index contributed by atoms with van der Waals surface area (Å²) in [7, 11) is 1.36. The third-order valence-corrected chi connectivity index (χ3v) is 7.80. The number of nitro groups is 1. The summed E-state index contributed by atoms with van der Waals surface area (Å²) in [6.07, 6.45) is 1.44. The van der Waals surface area contributed by atoms with E-state index in [4.69, 9.17) is 16.3 Å². The molecule has 6 rings (SSSR count). The summed E-state index contributed by atoms with van der Waals surface area (Å²) in [4.78, 5) is 55.2. The van der Waals surface area contributed by atoms with Gasteiger partial charge < -0.3 is 10.1 Å². The molecule has 0 aliphatic carbocycles. The van der Waals surface area contributed by atoms with E-state index in [2.05, 4.69) is 5.32 Å². The highest BCUT2D eigenvalue weighted by Gasteiger charge is 2.74. The third kappa shape index (κ3) is 2.41. The first-order valence-corrected chi connectivity index (χ1v) is 11.3. The number of halogens is 1. The number of benzene rings is 2. The fourth-order valence-electron chi connectivity index (χ4n) is 6.38. The maximum atomic E-state index is 14.0. The number of nitrogens with one attached hydrogen (secondary N) is 1. The zero-order chi connectivity index (χ0) is 23.9. The number of carbonyl (C=O) groups is 3. The number of nitro benzene ring substituents is 1. The first-order valence-electron chi connectivity index (χ1n) is 10.9. The van der Waals surface area contributed by atoms with Crippen molar-refractivity contribution >= 4 is 46.4 Å². The van der Waals surface area contributed by atoms with Crippen molar-refractivity contribution in [1.29, 1.82) is 0 Å². The summed E-state index contributed by atoms with van der Waals surface area (Å²) in [5.74, 6) is -3.03. The van der Waals surface area contributed by atoms with Gasteiger partial charge in [-0.15, -0.1) is 0 Å². The standard InChI is InChI=1S/C23H19ClN4O6/c1-34-17-7-5-12(28(32)33)10-16(17)27-20(29)18-15-3-2-8-26(15)23(19(18)21(27)30)13-9-11(24)4-6-14(13)25-22(23)31/h4-7,9-10,15,18-19H,2-3,8H2,1H3,(H,25,31)/t15-,18-,19-,23+/m0/s1. The highest BCUT2D eigenvalue weighted by molar-refractivity contribution is 6.31. The molecule has 0 aromatic heterocycles. The number of imide groups is 1. The normalized spacial score (nSPS) is 29.4. The lowest BCUT2D eigenvalue weighted by Crippen LogP contribution is -2.54. The van der Waals surface area contributed by atoms with Crippen molar-refractivity contribution in [2.45, 2.75) is 24.4 Å². The van der Waals surface area contributed by atoms with Gasteiger partial charge in [-0.25, -0.2) is 4.90 Å². The molecular formula is C23H19ClN4O6. The van der Waals surface area contributed by atoms with E-state index < -0.39 is 34.1 Å². The van der Waals surface area contributed by atoms with Gasteiger partial charge in [-0.3, -0.25) is 29.4 Å². The number of hydrogen-bond donors (Lipinski definition) is 1. The van der Waals surface area contributed by atoms with Crippen LogP contribution < -0.4 is 15.0 Å². The minimum atomic E-state index is -1.37. The molecular weight excluding hydrogens is 464 g/mol. The van der Waals surface area contributed by atoms with Crippen LogP contribution in [0.5, 0.6) is 5.75 Å². The summed E-state index contributed by atoms with van der Waals surface area (Å²) in [6.45, 7) is 0.567. The Kier molecular flexibility index (Phi) is 4.34. The van der Waals surface area contributed by atoms with E-state index in [1.165, 1.54) is 19.2 Å². The topological polar surface area (TPSA) is 122 Å². The molecule has 1 N–H and O–H groups in total. The van der Waals surface area contributed by atoms with Gasteiger partial charge in [-0.1, -0.05) is 11.6 Å². The molecule has 34 heavy (non-hydrogen) atoms. The molecule has 0 bridgehead atoms. The van der Waals surface area contributed by atoms with Gasteiger partial charge in [0.2, 0.25) is 17.7 Å². The number of hydrogen-bond acceptors (Lipinski definition) is 7. The molecule has 0 radical (unpaired) electrons. The summed E-state index contributed by atoms with van der Waals surface area (Å²) in [5.41, 5.74) is -0.501. The molecule has 0 saturated carbocycles. The Balaban J connectivity index is 1.56. The monoisotopic (exact) mass is 482 g/mol. The Hall–Kier alpha value is -3.50. The first-order chi connectivity index (χ1) is 16.3. The van der Waals surface area contributed by atoms with Crippen molar-refractivity contribution in [3.63, 3.8) is 0 Å². The molecule has 10 nitrogen and oxygen atoms in total. The molecule has 1 spiro atoms. The predicted octanol–water partition coefficient (Wildman–Crippen LogP) is 2.69. The number of anilines is 2. The highest BCUT2D eigenvalue weighted by Crippen LogP contribution is 2.61. The van der Waals surface area contributed by atoms with E-state index in [9.17, 15) is 24.5 Å². The second kappa shape index (κ2) is 7.00. The van der Waals surface area contributed by atoms with Gasteiger partial charge in [-0.05, 0) is 43.7 Å². The molecule has 4 aliphatic heterocycles. The molecule has 3 fully saturated rings. The van der Waals surface area contributed by atoms with E-state index in [0.717, 1.165) is 17.4 Å². The number of carbonyl (C=O) groups excluding carboxylic acids is 3. The number of non-ortho nitro benzene ring substituents is 1. The van der Waals surface area contributed by atoms with Crippen molar-refractivity contribution in [3.8, 4) is 5.75 Å². The molecule has 11 heteroatoms. The molecule has 3 amide bonds. The molecule has 174 valence electrons. The molecule has 4 heterocycles. The molecule has 4 aliphatic rings. The zero-order valence-electron chi connectivity index (χ0n) is 18.0. The quantitative estimate of drug-likeness (QED) is 0.405. The van der Waals surface area contributed by atoms with Crippen LogP contribution in [0.25, 0.3) is 0 Å². The minimum Gasteiger partial charge on any atom is -0.495 e.